The molecule has 1 saturated heterocycles. The average Bonchev–Trinajstić information content (AvgIpc) is 1.93. The first kappa shape index (κ1) is 11.9. The molecule has 1 aliphatic heterocycles. The maximum absolute atomic E-state index is 10.8. The molecule has 1 heterocycles. The van der Waals surface area contributed by atoms with E-state index in [2.05, 4.69) is 11.9 Å². The van der Waals surface area contributed by atoms with Crippen LogP contribution >= 0.6 is 12.4 Å². The van der Waals surface area contributed by atoms with Crippen LogP contribution in [0.15, 0.2) is 0 Å². The Kier molecular flexibility index (Phi) is 5.51. The summed E-state index contributed by atoms with van der Waals surface area (Å²) in [6.45, 7) is 2.85. The lowest BCUT2D eigenvalue weighted by Gasteiger charge is -2.31. The van der Waals surface area contributed by atoms with Crippen molar-refractivity contribution in [1.29, 1.82) is 0 Å². The zero-order chi connectivity index (χ0) is 8.27. The Bertz CT molecular complexity index is 149. The van der Waals surface area contributed by atoms with Gasteiger partial charge in [-0.1, -0.05) is 6.42 Å². The summed E-state index contributed by atoms with van der Waals surface area (Å²) in [7, 11) is 2.12. The van der Waals surface area contributed by atoms with Gasteiger partial charge in [-0.25, -0.2) is 0 Å². The Morgan fingerprint density at radius 3 is 2.67 bits per heavy atom. The second-order valence-electron chi connectivity index (χ2n) is 3.54. The molecule has 0 aromatic carbocycles. The van der Waals surface area contributed by atoms with Crippen LogP contribution in [0.2, 0.25) is 0 Å². The summed E-state index contributed by atoms with van der Waals surface area (Å²) in [5.41, 5.74) is 0. The van der Waals surface area contributed by atoms with Crippen LogP contribution in [0.5, 0.6) is 0 Å². The Morgan fingerprint density at radius 1 is 1.50 bits per heavy atom. The maximum Gasteiger partial charge on any atom is 0.131 e. The highest BCUT2D eigenvalue weighted by molar-refractivity contribution is 5.85. The van der Waals surface area contributed by atoms with Crippen molar-refractivity contribution in [2.75, 3.05) is 13.6 Å². The van der Waals surface area contributed by atoms with Crippen LogP contribution in [0.25, 0.3) is 0 Å². The van der Waals surface area contributed by atoms with Crippen LogP contribution in [0.1, 0.15) is 32.6 Å². The fourth-order valence-corrected chi connectivity index (χ4v) is 1.73. The highest BCUT2D eigenvalue weighted by atomic mass is 35.5. The molecule has 0 aromatic rings. The Morgan fingerprint density at radius 2 is 2.17 bits per heavy atom. The monoisotopic (exact) mass is 191 g/mol. The molecule has 1 aliphatic rings. The van der Waals surface area contributed by atoms with Crippen LogP contribution in [0.3, 0.4) is 0 Å². The summed E-state index contributed by atoms with van der Waals surface area (Å²) in [6.07, 6.45) is 4.54. The van der Waals surface area contributed by atoms with Crippen molar-refractivity contribution < 1.29 is 4.79 Å². The van der Waals surface area contributed by atoms with Crippen LogP contribution in [-0.4, -0.2) is 30.3 Å². The number of halogens is 1. The van der Waals surface area contributed by atoms with Crippen LogP contribution < -0.4 is 0 Å². The molecule has 0 aliphatic carbocycles. The van der Waals surface area contributed by atoms with Crippen molar-refractivity contribution in [3.05, 3.63) is 0 Å². The SMILES string of the molecule is CC(=O)C[C@@H]1CCCCN1C.Cl. The van der Waals surface area contributed by atoms with E-state index in [1.807, 2.05) is 0 Å². The van der Waals surface area contributed by atoms with Gasteiger partial charge in [0, 0.05) is 12.5 Å². The maximum atomic E-state index is 10.8. The number of hydrogen-bond acceptors (Lipinski definition) is 2. The molecule has 72 valence electrons. The topological polar surface area (TPSA) is 20.3 Å². The van der Waals surface area contributed by atoms with Crippen LogP contribution in [0, 0.1) is 0 Å². The molecule has 0 N–H and O–H groups in total. The summed E-state index contributed by atoms with van der Waals surface area (Å²) >= 11 is 0. The van der Waals surface area contributed by atoms with Crippen molar-refractivity contribution in [1.82, 2.24) is 4.90 Å². The van der Waals surface area contributed by atoms with Gasteiger partial charge >= 0.3 is 0 Å². The molecular formula is C9H18ClNO. The second kappa shape index (κ2) is 5.55. The number of rotatable bonds is 2. The summed E-state index contributed by atoms with van der Waals surface area (Å²) < 4.78 is 0. The Balaban J connectivity index is 0.00000121. The fraction of sp³-hybridized carbons (Fsp3) is 0.889. The number of likely N-dealkylation sites (tertiary alicyclic amines) is 1. The van der Waals surface area contributed by atoms with E-state index in [-0.39, 0.29) is 12.4 Å². The summed E-state index contributed by atoms with van der Waals surface area (Å²) in [5.74, 6) is 0.323. The van der Waals surface area contributed by atoms with Gasteiger partial charge in [0.2, 0.25) is 0 Å². The molecule has 12 heavy (non-hydrogen) atoms. The van der Waals surface area contributed by atoms with E-state index < -0.39 is 0 Å². The minimum Gasteiger partial charge on any atom is -0.303 e. The van der Waals surface area contributed by atoms with Gasteiger partial charge in [0.25, 0.3) is 0 Å². The zero-order valence-electron chi connectivity index (χ0n) is 7.88. The minimum absolute atomic E-state index is 0. The molecule has 0 amide bonds. The molecule has 1 fully saturated rings. The Hall–Kier alpha value is -0.0800. The number of hydrogen-bond donors (Lipinski definition) is 0. The van der Waals surface area contributed by atoms with Crippen molar-refractivity contribution in [3.8, 4) is 0 Å². The van der Waals surface area contributed by atoms with Crippen molar-refractivity contribution in [2.24, 2.45) is 0 Å². The summed E-state index contributed by atoms with van der Waals surface area (Å²) in [5, 5.41) is 0. The largest absolute Gasteiger partial charge is 0.303 e. The van der Waals surface area contributed by atoms with E-state index >= 15 is 0 Å². The van der Waals surface area contributed by atoms with Gasteiger partial charge in [0.1, 0.15) is 5.78 Å². The van der Waals surface area contributed by atoms with Crippen LogP contribution in [-0.2, 0) is 4.79 Å². The number of carbonyl (C=O) groups is 1. The number of nitrogens with zero attached hydrogens (tertiary/aromatic N) is 1. The predicted molar refractivity (Wildman–Crippen MR) is 52.8 cm³/mol. The van der Waals surface area contributed by atoms with Gasteiger partial charge in [-0.05, 0) is 33.4 Å². The molecule has 1 rings (SSSR count). The molecule has 0 bridgehead atoms. The van der Waals surface area contributed by atoms with Gasteiger partial charge in [0.15, 0.2) is 0 Å². The summed E-state index contributed by atoms with van der Waals surface area (Å²) in [4.78, 5) is 13.1. The lowest BCUT2D eigenvalue weighted by molar-refractivity contribution is -0.118. The molecule has 0 unspecified atom stereocenters. The zero-order valence-corrected chi connectivity index (χ0v) is 8.69. The van der Waals surface area contributed by atoms with E-state index in [1.165, 1.54) is 19.3 Å². The van der Waals surface area contributed by atoms with E-state index in [9.17, 15) is 4.79 Å². The molecule has 0 spiro atoms. The molecular weight excluding hydrogens is 174 g/mol. The molecule has 0 radical (unpaired) electrons. The quantitative estimate of drug-likeness (QED) is 0.665. The number of Topliss-reactive ketones (excluding diaryl/α,β-unsaturated/α-hetero) is 1. The number of carbonyl (C=O) groups excluding carboxylic acids is 1. The molecule has 2 nitrogen and oxygen atoms in total. The van der Waals surface area contributed by atoms with E-state index in [1.54, 1.807) is 6.92 Å². The third-order valence-electron chi connectivity index (χ3n) is 2.44. The van der Waals surface area contributed by atoms with E-state index in [0.717, 1.165) is 13.0 Å². The van der Waals surface area contributed by atoms with Crippen molar-refractivity contribution in [2.45, 2.75) is 38.6 Å². The van der Waals surface area contributed by atoms with Gasteiger partial charge < -0.3 is 4.90 Å². The molecule has 0 saturated carbocycles. The van der Waals surface area contributed by atoms with Gasteiger partial charge in [-0.2, -0.15) is 0 Å². The molecule has 3 heteroatoms. The first-order valence-electron chi connectivity index (χ1n) is 4.40. The number of ketones is 1. The molecule has 1 atom stereocenters. The normalized spacial score (nSPS) is 24.7. The fourth-order valence-electron chi connectivity index (χ4n) is 1.73. The first-order chi connectivity index (χ1) is 5.20. The number of piperidine rings is 1. The van der Waals surface area contributed by atoms with E-state index in [4.69, 9.17) is 0 Å². The third kappa shape index (κ3) is 3.55. The Labute approximate surface area is 80.7 Å². The lowest BCUT2D eigenvalue weighted by Crippen LogP contribution is -2.37. The van der Waals surface area contributed by atoms with Gasteiger partial charge in [-0.15, -0.1) is 12.4 Å². The second-order valence-corrected chi connectivity index (χ2v) is 3.54. The minimum atomic E-state index is 0. The highest BCUT2D eigenvalue weighted by Crippen LogP contribution is 2.17. The third-order valence-corrected chi connectivity index (χ3v) is 2.44. The average molecular weight is 192 g/mol. The van der Waals surface area contributed by atoms with Crippen molar-refractivity contribution >= 4 is 18.2 Å². The highest BCUT2D eigenvalue weighted by Gasteiger charge is 2.19. The van der Waals surface area contributed by atoms with Gasteiger partial charge in [-0.3, -0.25) is 4.79 Å². The summed E-state index contributed by atoms with van der Waals surface area (Å²) in [6, 6.07) is 0.529. The van der Waals surface area contributed by atoms with Crippen LogP contribution in [0.4, 0.5) is 0 Å². The smallest absolute Gasteiger partial charge is 0.131 e. The first-order valence-corrected chi connectivity index (χ1v) is 4.40. The van der Waals surface area contributed by atoms with E-state index in [0.29, 0.717) is 11.8 Å². The van der Waals surface area contributed by atoms with Gasteiger partial charge in [0.05, 0.1) is 0 Å². The van der Waals surface area contributed by atoms with Crippen molar-refractivity contribution in [3.63, 3.8) is 0 Å². The standard InChI is InChI=1S/C9H17NO.ClH/c1-8(11)7-9-5-3-4-6-10(9)2;/h9H,3-7H2,1-2H3;1H/t9-;/m0./s1. The predicted octanol–water partition coefficient (Wildman–Crippen LogP) is 1.87. The molecule has 0 aromatic heterocycles. The lowest BCUT2D eigenvalue weighted by atomic mass is 9.99.